The lowest BCUT2D eigenvalue weighted by molar-refractivity contribution is -0.122. The molecule has 1 heterocycles. The molecule has 0 spiro atoms. The molecule has 0 fully saturated rings. The van der Waals surface area contributed by atoms with Crippen molar-refractivity contribution < 1.29 is 23.1 Å². The highest BCUT2D eigenvalue weighted by atomic mass is 32.2. The Morgan fingerprint density at radius 3 is 2.56 bits per heavy atom. The van der Waals surface area contributed by atoms with Gasteiger partial charge in [-0.2, -0.15) is 8.42 Å². The molecule has 34 heavy (non-hydrogen) atoms. The molecular formula is C24H32N4O5S. The fourth-order valence-electron chi connectivity index (χ4n) is 3.61. The molecule has 2 aromatic carbocycles. The highest BCUT2D eigenvalue weighted by Crippen LogP contribution is 2.31. The lowest BCUT2D eigenvalue weighted by Crippen LogP contribution is -2.42. The van der Waals surface area contributed by atoms with Crippen LogP contribution in [0.5, 0.6) is 5.75 Å². The maximum atomic E-state index is 13.2. The summed E-state index contributed by atoms with van der Waals surface area (Å²) >= 11 is 0. The Labute approximate surface area is 201 Å². The number of methoxy groups -OCH3 is 1. The van der Waals surface area contributed by atoms with Gasteiger partial charge in [-0.25, -0.2) is 8.61 Å². The second kappa shape index (κ2) is 11.3. The van der Waals surface area contributed by atoms with E-state index in [0.717, 1.165) is 27.9 Å². The lowest BCUT2D eigenvalue weighted by atomic mass is 10.1. The SMILES string of the molecule is CCCCCNC(=O)[C@@H](N)Cc1cccc(N2C=C(O)N(Cc3ccc(OC)cc3)S2(=O)=O)c1. The van der Waals surface area contributed by atoms with Crippen LogP contribution in [0, 0.1) is 0 Å². The number of aliphatic hydroxyl groups is 1. The Morgan fingerprint density at radius 1 is 1.15 bits per heavy atom. The Balaban J connectivity index is 1.70. The van der Waals surface area contributed by atoms with Crippen molar-refractivity contribution in [2.45, 2.75) is 45.2 Å². The van der Waals surface area contributed by atoms with Gasteiger partial charge < -0.3 is 20.9 Å². The molecule has 0 bridgehead atoms. The molecule has 0 saturated carbocycles. The fourth-order valence-corrected chi connectivity index (χ4v) is 5.03. The van der Waals surface area contributed by atoms with E-state index >= 15 is 0 Å². The Hall–Kier alpha value is -3.24. The predicted octanol–water partition coefficient (Wildman–Crippen LogP) is 2.80. The number of hydrogen-bond acceptors (Lipinski definition) is 6. The molecule has 0 radical (unpaired) electrons. The zero-order chi connectivity index (χ0) is 24.7. The number of carbonyl (C=O) groups is 1. The van der Waals surface area contributed by atoms with Crippen molar-refractivity contribution in [1.29, 1.82) is 0 Å². The van der Waals surface area contributed by atoms with Gasteiger partial charge in [-0.3, -0.25) is 4.79 Å². The largest absolute Gasteiger partial charge is 0.497 e. The summed E-state index contributed by atoms with van der Waals surface area (Å²) in [4.78, 5) is 12.3. The van der Waals surface area contributed by atoms with Crippen LogP contribution >= 0.6 is 0 Å². The maximum absolute atomic E-state index is 13.2. The summed E-state index contributed by atoms with van der Waals surface area (Å²) in [5, 5.41) is 13.2. The average Bonchev–Trinajstić information content (AvgIpc) is 3.05. The van der Waals surface area contributed by atoms with Crippen molar-refractivity contribution >= 4 is 21.8 Å². The number of hydrogen-bond donors (Lipinski definition) is 3. The summed E-state index contributed by atoms with van der Waals surface area (Å²) < 4.78 is 33.4. The molecule has 1 aliphatic heterocycles. The van der Waals surface area contributed by atoms with Crippen LogP contribution in [0.25, 0.3) is 0 Å². The third-order valence-corrected chi connectivity index (χ3v) is 7.22. The highest BCUT2D eigenvalue weighted by molar-refractivity contribution is 7.91. The first-order valence-electron chi connectivity index (χ1n) is 11.2. The summed E-state index contributed by atoms with van der Waals surface area (Å²) in [7, 11) is -2.49. The smallest absolute Gasteiger partial charge is 0.333 e. The van der Waals surface area contributed by atoms with Gasteiger partial charge in [0.2, 0.25) is 11.8 Å². The first kappa shape index (κ1) is 25.4. The molecule has 9 nitrogen and oxygen atoms in total. The highest BCUT2D eigenvalue weighted by Gasteiger charge is 2.37. The number of carbonyl (C=O) groups excluding carboxylic acids is 1. The predicted molar refractivity (Wildman–Crippen MR) is 131 cm³/mol. The van der Waals surface area contributed by atoms with Crippen molar-refractivity contribution in [2.75, 3.05) is 18.0 Å². The minimum Gasteiger partial charge on any atom is -0.497 e. The quantitative estimate of drug-likeness (QED) is 0.418. The Kier molecular flexibility index (Phi) is 8.41. The number of nitrogens with one attached hydrogen (secondary N) is 1. The van der Waals surface area contributed by atoms with Gasteiger partial charge in [0, 0.05) is 6.54 Å². The summed E-state index contributed by atoms with van der Waals surface area (Å²) in [6.45, 7) is 2.64. The molecule has 0 unspecified atom stereocenters. The summed E-state index contributed by atoms with van der Waals surface area (Å²) in [5.74, 6) is 0.0296. The van der Waals surface area contributed by atoms with E-state index in [4.69, 9.17) is 10.5 Å². The zero-order valence-electron chi connectivity index (χ0n) is 19.5. The fraction of sp³-hybridized carbons (Fsp3) is 0.375. The van der Waals surface area contributed by atoms with E-state index in [1.165, 1.54) is 6.20 Å². The number of benzene rings is 2. The third-order valence-electron chi connectivity index (χ3n) is 5.54. The van der Waals surface area contributed by atoms with Gasteiger partial charge in [0.1, 0.15) is 5.75 Å². The summed E-state index contributed by atoms with van der Waals surface area (Å²) in [6, 6.07) is 12.9. The van der Waals surface area contributed by atoms with Crippen LogP contribution in [0.15, 0.2) is 60.6 Å². The van der Waals surface area contributed by atoms with Crippen LogP contribution in [0.3, 0.4) is 0 Å². The number of nitrogens with zero attached hydrogens (tertiary/aromatic N) is 2. The van der Waals surface area contributed by atoms with Crippen molar-refractivity contribution in [3.05, 3.63) is 71.7 Å². The van der Waals surface area contributed by atoms with Gasteiger partial charge in [-0.15, -0.1) is 0 Å². The third kappa shape index (κ3) is 6.00. The molecule has 2 aromatic rings. The molecular weight excluding hydrogens is 456 g/mol. The number of anilines is 1. The van der Waals surface area contributed by atoms with Crippen molar-refractivity contribution in [1.82, 2.24) is 9.62 Å². The van der Waals surface area contributed by atoms with Gasteiger partial charge in [0.05, 0.1) is 31.6 Å². The molecule has 1 atom stereocenters. The maximum Gasteiger partial charge on any atom is 0.333 e. The minimum atomic E-state index is -4.04. The number of ether oxygens (including phenoxy) is 1. The van der Waals surface area contributed by atoms with Crippen LogP contribution in [0.2, 0.25) is 0 Å². The summed E-state index contributed by atoms with van der Waals surface area (Å²) in [5.41, 5.74) is 7.81. The van der Waals surface area contributed by atoms with Gasteiger partial charge >= 0.3 is 10.2 Å². The van der Waals surface area contributed by atoms with Crippen LogP contribution < -0.4 is 20.1 Å². The molecule has 0 saturated heterocycles. The van der Waals surface area contributed by atoms with E-state index in [1.54, 1.807) is 55.6 Å². The number of rotatable bonds is 11. The van der Waals surface area contributed by atoms with Crippen molar-refractivity contribution in [3.8, 4) is 5.75 Å². The second-order valence-electron chi connectivity index (χ2n) is 8.12. The van der Waals surface area contributed by atoms with Crippen molar-refractivity contribution in [3.63, 3.8) is 0 Å². The topological polar surface area (TPSA) is 125 Å². The molecule has 1 aliphatic rings. The second-order valence-corrected chi connectivity index (χ2v) is 9.85. The first-order valence-corrected chi connectivity index (χ1v) is 12.6. The number of nitrogens with two attached hydrogens (primary N) is 1. The minimum absolute atomic E-state index is 0.0338. The van der Waals surface area contributed by atoms with Gasteiger partial charge in [-0.1, -0.05) is 44.0 Å². The van der Waals surface area contributed by atoms with Crippen LogP contribution in [0.1, 0.15) is 37.3 Å². The van der Waals surface area contributed by atoms with Gasteiger partial charge in [0.25, 0.3) is 0 Å². The van der Waals surface area contributed by atoms with Crippen LogP contribution in [-0.4, -0.2) is 43.4 Å². The molecule has 184 valence electrons. The Bertz CT molecular complexity index is 1120. The monoisotopic (exact) mass is 488 g/mol. The van der Waals surface area contributed by atoms with E-state index in [1.807, 2.05) is 0 Å². The standard InChI is InChI=1S/C24H32N4O5S/c1-3-4-5-13-26-24(30)22(25)15-19-7-6-8-20(14-19)27-17-23(29)28(34(27,31)32)16-18-9-11-21(33-2)12-10-18/h6-12,14,17,22,29H,3-5,13,15-16,25H2,1-2H3,(H,26,30)/t22-/m0/s1. The molecule has 4 N–H and O–H groups in total. The van der Waals surface area contributed by atoms with E-state index in [2.05, 4.69) is 12.2 Å². The first-order chi connectivity index (χ1) is 16.3. The van der Waals surface area contributed by atoms with Crippen LogP contribution in [0.4, 0.5) is 5.69 Å². The zero-order valence-corrected chi connectivity index (χ0v) is 20.3. The molecule has 10 heteroatoms. The van der Waals surface area contributed by atoms with E-state index < -0.39 is 16.3 Å². The van der Waals surface area contributed by atoms with E-state index in [-0.39, 0.29) is 24.8 Å². The van der Waals surface area contributed by atoms with Crippen molar-refractivity contribution in [2.24, 2.45) is 5.73 Å². The van der Waals surface area contributed by atoms with Gasteiger partial charge in [-0.05, 0) is 48.2 Å². The number of amides is 1. The molecule has 1 amide bonds. The van der Waals surface area contributed by atoms with Crippen LogP contribution in [-0.2, 0) is 28.0 Å². The lowest BCUT2D eigenvalue weighted by Gasteiger charge is -2.22. The van der Waals surface area contributed by atoms with E-state index in [9.17, 15) is 18.3 Å². The molecule has 0 aromatic heterocycles. The number of unbranched alkanes of at least 4 members (excludes halogenated alkanes) is 2. The normalized spacial score (nSPS) is 15.7. The molecule has 3 rings (SSSR count). The van der Waals surface area contributed by atoms with E-state index in [0.29, 0.717) is 29.1 Å². The molecule has 0 aliphatic carbocycles. The average molecular weight is 489 g/mol. The summed E-state index contributed by atoms with van der Waals surface area (Å²) in [6.07, 6.45) is 4.43. The Morgan fingerprint density at radius 2 is 1.88 bits per heavy atom. The number of aliphatic hydroxyl groups excluding tert-OH is 1. The van der Waals surface area contributed by atoms with Gasteiger partial charge in [0.15, 0.2) is 0 Å².